The van der Waals surface area contributed by atoms with Crippen LogP contribution in [0.1, 0.15) is 0 Å². The van der Waals surface area contributed by atoms with E-state index in [1.807, 2.05) is 0 Å². The molecule has 0 aliphatic heterocycles. The van der Waals surface area contributed by atoms with Gasteiger partial charge in [-0.15, -0.1) is 0 Å². The number of aliphatic hydroxyl groups excluding tert-OH is 2. The predicted molar refractivity (Wildman–Crippen MR) is 24.0 cm³/mol. The van der Waals surface area contributed by atoms with Gasteiger partial charge in [0, 0.05) is 0 Å². The first-order valence-electron chi connectivity index (χ1n) is 2.24. The SMILES string of the molecule is O=C([O-])C(O)C(O)C(=O)[O-].[K+].[K+].[Na+].[OH-]. The van der Waals surface area contributed by atoms with Gasteiger partial charge in [-0.1, -0.05) is 0 Å². The Balaban J connectivity index is -0.0000000675. The Kier molecular flexibility index (Phi) is 34.8. The van der Waals surface area contributed by atoms with Gasteiger partial charge < -0.3 is 35.5 Å². The van der Waals surface area contributed by atoms with E-state index in [1.165, 1.54) is 0 Å². The molecule has 2 unspecified atom stereocenters. The fraction of sp³-hybridized carbons (Fsp3) is 0.500. The molecule has 0 aliphatic carbocycles. The van der Waals surface area contributed by atoms with Crippen LogP contribution < -0.4 is 143 Å². The molecule has 0 radical (unpaired) electrons. The van der Waals surface area contributed by atoms with Crippen molar-refractivity contribution >= 4 is 11.9 Å². The number of rotatable bonds is 3. The molecule has 0 amide bonds. The third kappa shape index (κ3) is 13.2. The van der Waals surface area contributed by atoms with Gasteiger partial charge in [-0.05, 0) is 0 Å². The number of carboxylic acids is 2. The Morgan fingerprint density at radius 1 is 0.929 bits per heavy atom. The third-order valence-electron chi connectivity index (χ3n) is 0.782. The normalized spacial score (nSPS) is 11.3. The molecule has 10 heteroatoms. The molecule has 3 N–H and O–H groups in total. The van der Waals surface area contributed by atoms with Crippen molar-refractivity contribution in [1.82, 2.24) is 0 Å². The molecule has 0 rings (SSSR count). The summed E-state index contributed by atoms with van der Waals surface area (Å²) in [6.07, 6.45) is -4.88. The summed E-state index contributed by atoms with van der Waals surface area (Å²) in [5.74, 6) is -4.12. The van der Waals surface area contributed by atoms with Gasteiger partial charge in [0.1, 0.15) is 12.2 Å². The summed E-state index contributed by atoms with van der Waals surface area (Å²) in [4.78, 5) is 19.3. The Morgan fingerprint density at radius 2 is 1.07 bits per heavy atom. The number of carboxylic acid groups (broad SMARTS) is 2. The largest absolute Gasteiger partial charge is 1.00 e. The van der Waals surface area contributed by atoms with E-state index in [1.54, 1.807) is 0 Å². The van der Waals surface area contributed by atoms with Crippen LogP contribution in [0.25, 0.3) is 0 Å². The summed E-state index contributed by atoms with van der Waals surface area (Å²) in [6, 6.07) is 0. The van der Waals surface area contributed by atoms with Gasteiger partial charge in [0.25, 0.3) is 0 Å². The van der Waals surface area contributed by atoms with Gasteiger partial charge in [0.15, 0.2) is 0 Å². The molecule has 0 aliphatic rings. The fourth-order valence-corrected chi connectivity index (χ4v) is 0.258. The van der Waals surface area contributed by atoms with Crippen molar-refractivity contribution in [1.29, 1.82) is 0 Å². The van der Waals surface area contributed by atoms with Crippen LogP contribution in [0.3, 0.4) is 0 Å². The van der Waals surface area contributed by atoms with Gasteiger partial charge >= 0.3 is 132 Å². The Bertz CT molecular complexity index is 148. The number of hydrogen-bond donors (Lipinski definition) is 2. The predicted octanol–water partition coefficient (Wildman–Crippen LogP) is -14.0. The second-order valence-electron chi connectivity index (χ2n) is 1.53. The van der Waals surface area contributed by atoms with E-state index >= 15 is 0 Å². The molecule has 0 heterocycles. The zero-order valence-electron chi connectivity index (χ0n) is 8.13. The van der Waals surface area contributed by atoms with Gasteiger partial charge in [-0.25, -0.2) is 0 Å². The molecule has 0 aromatic rings. The Morgan fingerprint density at radius 3 is 1.14 bits per heavy atom. The molecular weight excluding hydrogens is 261 g/mol. The molecular formula is C4H5K2NaO7. The van der Waals surface area contributed by atoms with Crippen molar-refractivity contribution in [2.45, 2.75) is 12.2 Å². The molecule has 66 valence electrons. The van der Waals surface area contributed by atoms with Gasteiger partial charge in [-0.2, -0.15) is 0 Å². The molecule has 7 nitrogen and oxygen atoms in total. The van der Waals surface area contributed by atoms with Crippen molar-refractivity contribution in [3.8, 4) is 0 Å². The van der Waals surface area contributed by atoms with Crippen LogP contribution in [0, 0.1) is 0 Å². The van der Waals surface area contributed by atoms with Gasteiger partial charge in [0.2, 0.25) is 0 Å². The number of aliphatic carboxylic acids is 2. The second-order valence-corrected chi connectivity index (χ2v) is 1.53. The van der Waals surface area contributed by atoms with Crippen molar-refractivity contribution < 1.29 is 168 Å². The van der Waals surface area contributed by atoms with E-state index in [-0.39, 0.29) is 138 Å². The maximum absolute atomic E-state index is 9.63. The molecule has 0 spiro atoms. The first-order chi connectivity index (χ1) is 4.46. The molecule has 0 fully saturated rings. The monoisotopic (exact) mass is 266 g/mol. The molecule has 0 aromatic carbocycles. The maximum Gasteiger partial charge on any atom is 1.00 e. The first-order valence-corrected chi connectivity index (χ1v) is 2.24. The zero-order valence-corrected chi connectivity index (χ0v) is 16.4. The second kappa shape index (κ2) is 16.1. The van der Waals surface area contributed by atoms with E-state index in [2.05, 4.69) is 0 Å². The van der Waals surface area contributed by atoms with E-state index < -0.39 is 24.1 Å². The van der Waals surface area contributed by atoms with Crippen molar-refractivity contribution in [2.24, 2.45) is 0 Å². The van der Waals surface area contributed by atoms with E-state index in [0.29, 0.717) is 0 Å². The molecule has 0 bridgehead atoms. The van der Waals surface area contributed by atoms with Crippen LogP contribution in [0.4, 0.5) is 0 Å². The molecule has 14 heavy (non-hydrogen) atoms. The summed E-state index contributed by atoms with van der Waals surface area (Å²) in [6.45, 7) is 0. The molecule has 0 aromatic heterocycles. The minimum Gasteiger partial charge on any atom is -0.870 e. The van der Waals surface area contributed by atoms with Crippen LogP contribution in [0.5, 0.6) is 0 Å². The third-order valence-corrected chi connectivity index (χ3v) is 0.782. The van der Waals surface area contributed by atoms with E-state index in [9.17, 15) is 19.8 Å². The van der Waals surface area contributed by atoms with E-state index in [0.717, 1.165) is 0 Å². The molecule has 0 saturated carbocycles. The van der Waals surface area contributed by atoms with Crippen molar-refractivity contribution in [3.05, 3.63) is 0 Å². The summed E-state index contributed by atoms with van der Waals surface area (Å²) in [5, 5.41) is 35.7. The molecule has 2 atom stereocenters. The molecule has 0 saturated heterocycles. The summed E-state index contributed by atoms with van der Waals surface area (Å²) in [7, 11) is 0. The number of carbonyl (C=O) groups excluding carboxylic acids is 2. The fourth-order valence-electron chi connectivity index (χ4n) is 0.258. The van der Waals surface area contributed by atoms with Crippen LogP contribution in [-0.4, -0.2) is 39.8 Å². The van der Waals surface area contributed by atoms with Crippen molar-refractivity contribution in [2.75, 3.05) is 0 Å². The van der Waals surface area contributed by atoms with Gasteiger partial charge in [-0.3, -0.25) is 0 Å². The number of carbonyl (C=O) groups is 2. The average Bonchev–Trinajstić information content (AvgIpc) is 1.84. The first kappa shape index (κ1) is 30.3. The summed E-state index contributed by atoms with van der Waals surface area (Å²) in [5.41, 5.74) is 0. The quantitative estimate of drug-likeness (QED) is 0.481. The van der Waals surface area contributed by atoms with Crippen LogP contribution in [0.15, 0.2) is 0 Å². The number of aliphatic hydroxyl groups is 2. The summed E-state index contributed by atoms with van der Waals surface area (Å²) < 4.78 is 0. The Hall–Kier alpha value is 3.09. The standard InChI is InChI=1S/C4H6O6.2K.Na.H2O/c5-1(3(7)8)2(6)4(9)10;;;;/h1-2,5-6H,(H,7,8)(H,9,10);;;;1H2/q;3*+1;/p-3. The van der Waals surface area contributed by atoms with E-state index in [4.69, 9.17) is 10.2 Å². The average molecular weight is 266 g/mol. The van der Waals surface area contributed by atoms with Crippen LogP contribution in [0.2, 0.25) is 0 Å². The van der Waals surface area contributed by atoms with Gasteiger partial charge in [0.05, 0.1) is 11.9 Å². The Labute approximate surface area is 187 Å². The zero-order chi connectivity index (χ0) is 8.31. The smallest absolute Gasteiger partial charge is 0.870 e. The number of hydrogen-bond acceptors (Lipinski definition) is 7. The van der Waals surface area contributed by atoms with Crippen LogP contribution in [-0.2, 0) is 9.59 Å². The minimum atomic E-state index is -2.44. The van der Waals surface area contributed by atoms with Crippen molar-refractivity contribution in [3.63, 3.8) is 0 Å². The topological polar surface area (TPSA) is 151 Å². The maximum atomic E-state index is 9.63. The summed E-state index contributed by atoms with van der Waals surface area (Å²) >= 11 is 0. The minimum absolute atomic E-state index is 0. The van der Waals surface area contributed by atoms with Crippen LogP contribution >= 0.6 is 0 Å².